The summed E-state index contributed by atoms with van der Waals surface area (Å²) < 4.78 is 28.6. The van der Waals surface area contributed by atoms with Gasteiger partial charge in [0.1, 0.15) is 4.90 Å². The van der Waals surface area contributed by atoms with Crippen molar-refractivity contribution in [2.45, 2.75) is 11.8 Å². The number of hydrogen-bond acceptors (Lipinski definition) is 2. The minimum absolute atomic E-state index is 0.199. The van der Waals surface area contributed by atoms with Crippen LogP contribution in [0.2, 0.25) is 0 Å². The van der Waals surface area contributed by atoms with Crippen molar-refractivity contribution in [3.05, 3.63) is 57.0 Å². The second-order valence-electron chi connectivity index (χ2n) is 4.00. The summed E-state index contributed by atoms with van der Waals surface area (Å²) >= 11 is 6.53. The fourth-order valence-electron chi connectivity index (χ4n) is 1.57. The fourth-order valence-corrected chi connectivity index (χ4v) is 4.20. The molecular weight excluding hydrogens is 394 g/mol. The number of nitrogens with one attached hydrogen (secondary N) is 1. The molecule has 19 heavy (non-hydrogen) atoms. The van der Waals surface area contributed by atoms with E-state index in [1.165, 1.54) is 0 Å². The Bertz CT molecular complexity index is 714. The Labute approximate surface area is 129 Å². The molecule has 0 aliphatic carbocycles. The lowest BCUT2D eigenvalue weighted by Crippen LogP contribution is -2.14. The van der Waals surface area contributed by atoms with Gasteiger partial charge in [0, 0.05) is 8.95 Å². The first-order chi connectivity index (χ1) is 8.90. The van der Waals surface area contributed by atoms with E-state index in [1.54, 1.807) is 30.3 Å². The highest BCUT2D eigenvalue weighted by Crippen LogP contribution is 2.28. The SMILES string of the molecule is Cc1ccccc1NS(=O)(=O)c1cc(Br)ccc1Br. The molecule has 2 rings (SSSR count). The first-order valence-electron chi connectivity index (χ1n) is 5.43. The number of anilines is 1. The zero-order valence-corrected chi connectivity index (χ0v) is 14.0. The number of rotatable bonds is 3. The normalized spacial score (nSPS) is 11.3. The van der Waals surface area contributed by atoms with Crippen LogP contribution in [0.3, 0.4) is 0 Å². The largest absolute Gasteiger partial charge is 0.279 e. The van der Waals surface area contributed by atoms with E-state index in [2.05, 4.69) is 36.6 Å². The zero-order valence-electron chi connectivity index (χ0n) is 10.0. The number of sulfonamides is 1. The Morgan fingerprint density at radius 1 is 1.05 bits per heavy atom. The number of hydrogen-bond donors (Lipinski definition) is 1. The van der Waals surface area contributed by atoms with Crippen molar-refractivity contribution in [2.75, 3.05) is 4.72 Å². The molecule has 1 N–H and O–H groups in total. The van der Waals surface area contributed by atoms with E-state index in [0.29, 0.717) is 14.6 Å². The van der Waals surface area contributed by atoms with E-state index in [0.717, 1.165) is 5.56 Å². The van der Waals surface area contributed by atoms with Gasteiger partial charge < -0.3 is 0 Å². The Balaban J connectivity index is 2.44. The Kier molecular flexibility index (Phi) is 4.32. The molecule has 0 atom stereocenters. The molecule has 100 valence electrons. The first kappa shape index (κ1) is 14.6. The van der Waals surface area contributed by atoms with Crippen LogP contribution in [0.4, 0.5) is 5.69 Å². The number of benzene rings is 2. The third-order valence-corrected chi connectivity index (χ3v) is 5.42. The van der Waals surface area contributed by atoms with E-state index >= 15 is 0 Å². The van der Waals surface area contributed by atoms with Gasteiger partial charge in [-0.3, -0.25) is 4.72 Å². The molecule has 0 amide bonds. The summed E-state index contributed by atoms with van der Waals surface area (Å²) in [6, 6.07) is 12.3. The minimum atomic E-state index is -3.62. The molecule has 0 aliphatic heterocycles. The molecule has 0 saturated heterocycles. The third-order valence-electron chi connectivity index (χ3n) is 2.57. The Hall–Kier alpha value is -0.850. The molecule has 6 heteroatoms. The Morgan fingerprint density at radius 3 is 2.42 bits per heavy atom. The van der Waals surface area contributed by atoms with Crippen molar-refractivity contribution in [3.63, 3.8) is 0 Å². The predicted molar refractivity (Wildman–Crippen MR) is 83.8 cm³/mol. The number of halogens is 2. The van der Waals surface area contributed by atoms with E-state index < -0.39 is 10.0 Å². The van der Waals surface area contributed by atoms with Gasteiger partial charge in [-0.15, -0.1) is 0 Å². The number of para-hydroxylation sites is 1. The second kappa shape index (κ2) is 5.64. The van der Waals surface area contributed by atoms with Crippen molar-refractivity contribution in [1.82, 2.24) is 0 Å². The summed E-state index contributed by atoms with van der Waals surface area (Å²) in [6.07, 6.45) is 0. The molecule has 0 bridgehead atoms. The molecule has 0 unspecified atom stereocenters. The highest BCUT2D eigenvalue weighted by atomic mass is 79.9. The molecular formula is C13H11Br2NO2S. The van der Waals surface area contributed by atoms with E-state index in [-0.39, 0.29) is 4.90 Å². The lowest BCUT2D eigenvalue weighted by molar-refractivity contribution is 0.600. The standard InChI is InChI=1S/C13H11Br2NO2S/c1-9-4-2-3-5-12(9)16-19(17,18)13-8-10(14)6-7-11(13)15/h2-8,16H,1H3. The quantitative estimate of drug-likeness (QED) is 0.827. The highest BCUT2D eigenvalue weighted by molar-refractivity contribution is 9.11. The van der Waals surface area contributed by atoms with Crippen LogP contribution in [0.5, 0.6) is 0 Å². The van der Waals surface area contributed by atoms with Gasteiger partial charge in [-0.2, -0.15) is 0 Å². The van der Waals surface area contributed by atoms with Gasteiger partial charge in [-0.1, -0.05) is 34.1 Å². The fraction of sp³-hybridized carbons (Fsp3) is 0.0769. The molecule has 0 spiro atoms. The molecule has 0 heterocycles. The second-order valence-corrected chi connectivity index (χ2v) is 7.42. The van der Waals surface area contributed by atoms with Gasteiger partial charge >= 0.3 is 0 Å². The van der Waals surface area contributed by atoms with E-state index in [1.807, 2.05) is 19.1 Å². The lowest BCUT2D eigenvalue weighted by atomic mass is 10.2. The summed E-state index contributed by atoms with van der Waals surface area (Å²) in [5.41, 5.74) is 1.45. The van der Waals surface area contributed by atoms with Gasteiger partial charge in [-0.05, 0) is 52.7 Å². The smallest absolute Gasteiger partial charge is 0.263 e. The van der Waals surface area contributed by atoms with E-state index in [9.17, 15) is 8.42 Å². The average molecular weight is 405 g/mol. The van der Waals surface area contributed by atoms with Crippen LogP contribution in [0, 0.1) is 6.92 Å². The molecule has 0 fully saturated rings. The molecule has 0 aromatic heterocycles. The highest BCUT2D eigenvalue weighted by Gasteiger charge is 2.18. The summed E-state index contributed by atoms with van der Waals surface area (Å²) in [5, 5.41) is 0. The third kappa shape index (κ3) is 3.38. The topological polar surface area (TPSA) is 46.2 Å². The minimum Gasteiger partial charge on any atom is -0.279 e. The van der Waals surface area contributed by atoms with Gasteiger partial charge in [0.05, 0.1) is 5.69 Å². The summed E-state index contributed by atoms with van der Waals surface area (Å²) in [5.74, 6) is 0. The van der Waals surface area contributed by atoms with Crippen molar-refractivity contribution < 1.29 is 8.42 Å². The molecule has 0 radical (unpaired) electrons. The first-order valence-corrected chi connectivity index (χ1v) is 8.50. The molecule has 2 aromatic rings. The molecule has 0 aliphatic rings. The number of aryl methyl sites for hydroxylation is 1. The van der Waals surface area contributed by atoms with Gasteiger partial charge in [0.25, 0.3) is 10.0 Å². The summed E-state index contributed by atoms with van der Waals surface area (Å²) in [7, 11) is -3.62. The molecule has 2 aromatic carbocycles. The van der Waals surface area contributed by atoms with Crippen LogP contribution in [0.15, 0.2) is 56.3 Å². The van der Waals surface area contributed by atoms with Crippen molar-refractivity contribution in [2.24, 2.45) is 0 Å². The van der Waals surface area contributed by atoms with Crippen LogP contribution < -0.4 is 4.72 Å². The van der Waals surface area contributed by atoms with Crippen LogP contribution >= 0.6 is 31.9 Å². The maximum absolute atomic E-state index is 12.4. The van der Waals surface area contributed by atoms with Crippen LogP contribution in [-0.4, -0.2) is 8.42 Å². The van der Waals surface area contributed by atoms with Crippen molar-refractivity contribution >= 4 is 47.6 Å². The Morgan fingerprint density at radius 2 is 1.74 bits per heavy atom. The molecule has 0 saturated carbocycles. The predicted octanol–water partition coefficient (Wildman–Crippen LogP) is 4.32. The van der Waals surface area contributed by atoms with E-state index in [4.69, 9.17) is 0 Å². The van der Waals surface area contributed by atoms with Gasteiger partial charge in [0.2, 0.25) is 0 Å². The maximum Gasteiger partial charge on any atom is 0.263 e. The van der Waals surface area contributed by atoms with Crippen LogP contribution in [0.1, 0.15) is 5.56 Å². The average Bonchev–Trinajstić information content (AvgIpc) is 2.35. The monoisotopic (exact) mass is 403 g/mol. The van der Waals surface area contributed by atoms with Crippen LogP contribution in [0.25, 0.3) is 0 Å². The summed E-state index contributed by atoms with van der Waals surface area (Å²) in [4.78, 5) is 0.199. The van der Waals surface area contributed by atoms with Crippen molar-refractivity contribution in [1.29, 1.82) is 0 Å². The summed E-state index contributed by atoms with van der Waals surface area (Å²) in [6.45, 7) is 1.85. The molecule has 3 nitrogen and oxygen atoms in total. The van der Waals surface area contributed by atoms with Crippen molar-refractivity contribution in [3.8, 4) is 0 Å². The van der Waals surface area contributed by atoms with Gasteiger partial charge in [0.15, 0.2) is 0 Å². The maximum atomic E-state index is 12.4. The lowest BCUT2D eigenvalue weighted by Gasteiger charge is -2.11. The zero-order chi connectivity index (χ0) is 14.0. The van der Waals surface area contributed by atoms with Crippen LogP contribution in [-0.2, 0) is 10.0 Å². The van der Waals surface area contributed by atoms with Gasteiger partial charge in [-0.25, -0.2) is 8.42 Å².